The van der Waals surface area contributed by atoms with Crippen LogP contribution in [0.4, 0.5) is 5.69 Å². The molecule has 1 saturated heterocycles. The Morgan fingerprint density at radius 2 is 1.87 bits per heavy atom. The van der Waals surface area contributed by atoms with Crippen molar-refractivity contribution >= 4 is 17.5 Å². The highest BCUT2D eigenvalue weighted by atomic mass is 16.3. The van der Waals surface area contributed by atoms with Gasteiger partial charge in [-0.3, -0.25) is 14.6 Å². The van der Waals surface area contributed by atoms with E-state index in [4.69, 9.17) is 0 Å². The molecule has 1 aliphatic carbocycles. The maximum atomic E-state index is 13.4. The summed E-state index contributed by atoms with van der Waals surface area (Å²) >= 11 is 0. The summed E-state index contributed by atoms with van der Waals surface area (Å²) < 4.78 is 0. The Bertz CT molecular complexity index is 942. The van der Waals surface area contributed by atoms with E-state index in [1.807, 2.05) is 29.2 Å². The molecule has 2 aliphatic heterocycles. The molecule has 1 aromatic heterocycles. The Morgan fingerprint density at radius 1 is 1.07 bits per heavy atom. The molecule has 0 unspecified atom stereocenters. The van der Waals surface area contributed by atoms with Crippen molar-refractivity contribution in [2.75, 3.05) is 18.1 Å². The number of aliphatic hydroxyl groups excluding tert-OH is 1. The fourth-order valence-corrected chi connectivity index (χ4v) is 5.59. The standard InChI is InChI=1S/C24H27N3O3/c28-15-21-22-18-10-4-5-11-19(18)26(23(29)17-9-6-12-25-13-17)14-20(22)27(21)24(30)16-7-2-1-3-8-16/h4-6,9-13,16,20-22,28H,1-3,7-8,14-15H2/t20-,21+,22+/m0/s1. The first-order valence-corrected chi connectivity index (χ1v) is 10.9. The van der Waals surface area contributed by atoms with Crippen LogP contribution < -0.4 is 4.90 Å². The Hall–Kier alpha value is -2.73. The number of benzene rings is 1. The topological polar surface area (TPSA) is 73.7 Å². The van der Waals surface area contributed by atoms with Gasteiger partial charge in [-0.1, -0.05) is 37.5 Å². The van der Waals surface area contributed by atoms with Crippen LogP contribution in [0.3, 0.4) is 0 Å². The minimum absolute atomic E-state index is 0.0494. The lowest BCUT2D eigenvalue weighted by molar-refractivity contribution is -0.156. The molecule has 2 amide bonds. The minimum Gasteiger partial charge on any atom is -0.394 e. The van der Waals surface area contributed by atoms with E-state index in [1.165, 1.54) is 6.42 Å². The lowest BCUT2D eigenvalue weighted by Crippen LogP contribution is -2.71. The fraction of sp³-hybridized carbons (Fsp3) is 0.458. The van der Waals surface area contributed by atoms with Gasteiger partial charge in [0, 0.05) is 36.5 Å². The number of amides is 2. The molecule has 30 heavy (non-hydrogen) atoms. The van der Waals surface area contributed by atoms with Crippen LogP contribution in [0.2, 0.25) is 0 Å². The zero-order valence-corrected chi connectivity index (χ0v) is 17.0. The van der Waals surface area contributed by atoms with Crippen molar-refractivity contribution in [3.8, 4) is 0 Å². The van der Waals surface area contributed by atoms with E-state index in [2.05, 4.69) is 4.98 Å². The number of carbonyl (C=O) groups is 2. The number of carbonyl (C=O) groups excluding carboxylic acids is 2. The van der Waals surface area contributed by atoms with Crippen LogP contribution in [0, 0.1) is 5.92 Å². The van der Waals surface area contributed by atoms with Crippen LogP contribution in [-0.2, 0) is 4.79 Å². The van der Waals surface area contributed by atoms with Gasteiger partial charge in [-0.15, -0.1) is 0 Å². The quantitative estimate of drug-likeness (QED) is 0.852. The number of likely N-dealkylation sites (tertiary alicyclic amines) is 1. The van der Waals surface area contributed by atoms with Gasteiger partial charge in [0.05, 0.1) is 24.3 Å². The number of pyridine rings is 1. The molecule has 1 N–H and O–H groups in total. The second kappa shape index (κ2) is 7.84. The summed E-state index contributed by atoms with van der Waals surface area (Å²) in [4.78, 5) is 34.4. The highest BCUT2D eigenvalue weighted by Gasteiger charge is 2.56. The molecule has 1 aromatic carbocycles. The number of hydrogen-bond donors (Lipinski definition) is 1. The molecule has 6 nitrogen and oxygen atoms in total. The predicted molar refractivity (Wildman–Crippen MR) is 113 cm³/mol. The maximum absolute atomic E-state index is 13.4. The fourth-order valence-electron chi connectivity index (χ4n) is 5.59. The summed E-state index contributed by atoms with van der Waals surface area (Å²) in [5.41, 5.74) is 2.45. The van der Waals surface area contributed by atoms with Gasteiger partial charge in [0.1, 0.15) is 0 Å². The van der Waals surface area contributed by atoms with Gasteiger partial charge in [0.15, 0.2) is 0 Å². The van der Waals surface area contributed by atoms with Crippen molar-refractivity contribution in [2.24, 2.45) is 5.92 Å². The number of rotatable bonds is 3. The van der Waals surface area contributed by atoms with Crippen LogP contribution >= 0.6 is 0 Å². The molecule has 3 aliphatic rings. The summed E-state index contributed by atoms with van der Waals surface area (Å²) in [5.74, 6) is 0.166. The number of hydrogen-bond acceptors (Lipinski definition) is 4. The molecule has 0 spiro atoms. The molecule has 0 bridgehead atoms. The molecule has 156 valence electrons. The van der Waals surface area contributed by atoms with E-state index in [-0.39, 0.29) is 42.3 Å². The third-order valence-electron chi connectivity index (χ3n) is 7.05. The Labute approximate surface area is 176 Å². The molecule has 2 aromatic rings. The maximum Gasteiger partial charge on any atom is 0.259 e. The Morgan fingerprint density at radius 3 is 2.60 bits per heavy atom. The van der Waals surface area contributed by atoms with Gasteiger partial charge in [-0.25, -0.2) is 0 Å². The van der Waals surface area contributed by atoms with E-state index in [9.17, 15) is 14.7 Å². The SMILES string of the molecule is O=C(c1cccnc1)N1C[C@H]2[C@@H](c3ccccc31)[C@@H](CO)N2C(=O)C1CCCCC1. The van der Waals surface area contributed by atoms with Crippen LogP contribution in [0.1, 0.15) is 53.9 Å². The lowest BCUT2D eigenvalue weighted by Gasteiger charge is -2.59. The van der Waals surface area contributed by atoms with Crippen molar-refractivity contribution in [3.05, 3.63) is 59.9 Å². The molecule has 3 heterocycles. The van der Waals surface area contributed by atoms with E-state index >= 15 is 0 Å². The third-order valence-corrected chi connectivity index (χ3v) is 7.05. The third kappa shape index (κ3) is 3.01. The number of anilines is 1. The van der Waals surface area contributed by atoms with Crippen molar-refractivity contribution in [2.45, 2.75) is 50.1 Å². The summed E-state index contributed by atoms with van der Waals surface area (Å²) in [7, 11) is 0. The number of nitrogens with zero attached hydrogens (tertiary/aromatic N) is 3. The van der Waals surface area contributed by atoms with Gasteiger partial charge in [-0.2, -0.15) is 0 Å². The zero-order valence-electron chi connectivity index (χ0n) is 17.0. The molecule has 2 fully saturated rings. The van der Waals surface area contributed by atoms with Crippen LogP contribution in [0.15, 0.2) is 48.8 Å². The van der Waals surface area contributed by atoms with E-state index in [0.29, 0.717) is 12.1 Å². The largest absolute Gasteiger partial charge is 0.394 e. The van der Waals surface area contributed by atoms with Crippen molar-refractivity contribution in [1.82, 2.24) is 9.88 Å². The average Bonchev–Trinajstić information content (AvgIpc) is 2.80. The van der Waals surface area contributed by atoms with E-state index in [0.717, 1.165) is 36.9 Å². The number of para-hydroxylation sites is 1. The Kier molecular flexibility index (Phi) is 5.03. The number of aromatic nitrogens is 1. The van der Waals surface area contributed by atoms with Gasteiger partial charge in [-0.05, 0) is 36.6 Å². The summed E-state index contributed by atoms with van der Waals surface area (Å²) in [6.45, 7) is 0.398. The van der Waals surface area contributed by atoms with Crippen LogP contribution in [0.25, 0.3) is 0 Å². The van der Waals surface area contributed by atoms with Gasteiger partial charge in [0.25, 0.3) is 5.91 Å². The number of fused-ring (bicyclic) bond motifs is 3. The van der Waals surface area contributed by atoms with Crippen molar-refractivity contribution < 1.29 is 14.7 Å². The molecular weight excluding hydrogens is 378 g/mol. The van der Waals surface area contributed by atoms with Crippen molar-refractivity contribution in [3.63, 3.8) is 0 Å². The molecular formula is C24H27N3O3. The van der Waals surface area contributed by atoms with Crippen molar-refractivity contribution in [1.29, 1.82) is 0 Å². The minimum atomic E-state index is -0.207. The van der Waals surface area contributed by atoms with Gasteiger partial charge >= 0.3 is 0 Å². The molecule has 5 rings (SSSR count). The monoisotopic (exact) mass is 405 g/mol. The van der Waals surface area contributed by atoms with Crippen LogP contribution in [0.5, 0.6) is 0 Å². The van der Waals surface area contributed by atoms with E-state index < -0.39 is 0 Å². The first-order valence-electron chi connectivity index (χ1n) is 10.9. The average molecular weight is 405 g/mol. The molecule has 1 saturated carbocycles. The van der Waals surface area contributed by atoms with E-state index in [1.54, 1.807) is 29.4 Å². The first kappa shape index (κ1) is 19.2. The highest BCUT2D eigenvalue weighted by Crippen LogP contribution is 2.49. The van der Waals surface area contributed by atoms with Crippen LogP contribution in [-0.4, -0.2) is 52.0 Å². The Balaban J connectivity index is 1.49. The molecule has 3 atom stereocenters. The number of aliphatic hydroxyl groups is 1. The summed E-state index contributed by atoms with van der Waals surface area (Å²) in [6.07, 6.45) is 8.48. The molecule has 6 heteroatoms. The summed E-state index contributed by atoms with van der Waals surface area (Å²) in [5, 5.41) is 10.1. The normalized spacial score (nSPS) is 25.8. The molecule has 0 radical (unpaired) electrons. The second-order valence-corrected chi connectivity index (χ2v) is 8.64. The summed E-state index contributed by atoms with van der Waals surface area (Å²) in [6, 6.07) is 11.1. The second-order valence-electron chi connectivity index (χ2n) is 8.64. The van der Waals surface area contributed by atoms with Gasteiger partial charge in [0.2, 0.25) is 5.91 Å². The first-order chi connectivity index (χ1) is 14.7. The highest BCUT2D eigenvalue weighted by molar-refractivity contribution is 6.07. The van der Waals surface area contributed by atoms with Gasteiger partial charge < -0.3 is 14.9 Å². The smallest absolute Gasteiger partial charge is 0.259 e. The predicted octanol–water partition coefficient (Wildman–Crippen LogP) is 2.98. The zero-order chi connectivity index (χ0) is 20.7. The lowest BCUT2D eigenvalue weighted by atomic mass is 9.70.